The van der Waals surface area contributed by atoms with Gasteiger partial charge in [0, 0.05) is 18.8 Å². The molecule has 0 aliphatic heterocycles. The fourth-order valence-corrected chi connectivity index (χ4v) is 1.37. The summed E-state index contributed by atoms with van der Waals surface area (Å²) >= 11 is 0. The van der Waals surface area contributed by atoms with Gasteiger partial charge in [0.25, 0.3) is 0 Å². The molecule has 0 aliphatic rings. The van der Waals surface area contributed by atoms with Crippen molar-refractivity contribution in [3.63, 3.8) is 0 Å². The van der Waals surface area contributed by atoms with Crippen LogP contribution < -0.4 is 0 Å². The number of aryl methyl sites for hydroxylation is 2. The average Bonchev–Trinajstić information content (AvgIpc) is 2.33. The van der Waals surface area contributed by atoms with E-state index in [-0.39, 0.29) is 0 Å². The summed E-state index contributed by atoms with van der Waals surface area (Å²) in [5.41, 5.74) is 2.63. The third-order valence-electron chi connectivity index (χ3n) is 2.04. The Morgan fingerprint density at radius 3 is 2.82 bits per heavy atom. The summed E-state index contributed by atoms with van der Waals surface area (Å²) in [6, 6.07) is 8.64. The highest BCUT2D eigenvalue weighted by Crippen LogP contribution is 2.15. The van der Waals surface area contributed by atoms with Crippen molar-refractivity contribution in [2.24, 2.45) is 7.05 Å². The fraction of sp³-hybridized carbons (Fsp3) is 0.200. The van der Waals surface area contributed by atoms with Crippen LogP contribution in [0.5, 0.6) is 0 Å². The maximum absolute atomic E-state index is 2.20. The lowest BCUT2D eigenvalue weighted by molar-refractivity contribution is 0.968. The number of aromatic nitrogens is 1. The first-order valence-corrected chi connectivity index (χ1v) is 3.79. The molecule has 0 unspecified atom stereocenters. The van der Waals surface area contributed by atoms with Gasteiger partial charge < -0.3 is 4.57 Å². The van der Waals surface area contributed by atoms with Crippen molar-refractivity contribution in [3.8, 4) is 0 Å². The number of benzene rings is 1. The monoisotopic (exact) mass is 145 g/mol. The highest BCUT2D eigenvalue weighted by Gasteiger charge is 1.95. The Morgan fingerprint density at radius 1 is 1.18 bits per heavy atom. The number of fused-ring (bicyclic) bond motifs is 1. The van der Waals surface area contributed by atoms with E-state index in [0.29, 0.717) is 0 Å². The van der Waals surface area contributed by atoms with Crippen LogP contribution >= 0.6 is 0 Å². The minimum Gasteiger partial charge on any atom is -0.351 e. The molecule has 2 aromatic rings. The summed E-state index contributed by atoms with van der Waals surface area (Å²) in [5, 5.41) is 1.32. The van der Waals surface area contributed by atoms with Crippen molar-refractivity contribution in [3.05, 3.63) is 36.0 Å². The van der Waals surface area contributed by atoms with Gasteiger partial charge in [-0.1, -0.05) is 12.1 Å². The maximum atomic E-state index is 2.20. The lowest BCUT2D eigenvalue weighted by Crippen LogP contribution is -1.83. The number of nitrogens with zero attached hydrogens (tertiary/aromatic N) is 1. The molecule has 56 valence electrons. The van der Waals surface area contributed by atoms with Crippen LogP contribution in [0.15, 0.2) is 30.5 Å². The van der Waals surface area contributed by atoms with E-state index in [1.807, 2.05) is 0 Å². The molecule has 0 saturated carbocycles. The Kier molecular flexibility index (Phi) is 1.25. The SMILES string of the molecule is Cc1ccc2ccn(C)c2c1. The molecule has 0 bridgehead atoms. The molecule has 1 aromatic carbocycles. The predicted molar refractivity (Wildman–Crippen MR) is 47.7 cm³/mol. The van der Waals surface area contributed by atoms with Crippen molar-refractivity contribution in [1.82, 2.24) is 4.57 Å². The van der Waals surface area contributed by atoms with E-state index >= 15 is 0 Å². The molecule has 0 amide bonds. The Morgan fingerprint density at radius 2 is 2.00 bits per heavy atom. The Labute approximate surface area is 66.3 Å². The summed E-state index contributed by atoms with van der Waals surface area (Å²) in [6.45, 7) is 2.12. The third kappa shape index (κ3) is 0.929. The van der Waals surface area contributed by atoms with Crippen molar-refractivity contribution >= 4 is 10.9 Å². The molecule has 11 heavy (non-hydrogen) atoms. The van der Waals surface area contributed by atoms with Crippen LogP contribution in [-0.2, 0) is 7.05 Å². The molecule has 1 heterocycles. The molecule has 0 atom stereocenters. The van der Waals surface area contributed by atoms with E-state index in [4.69, 9.17) is 0 Å². The zero-order valence-corrected chi connectivity index (χ0v) is 6.83. The minimum atomic E-state index is 1.31. The van der Waals surface area contributed by atoms with Crippen LogP contribution in [0.1, 0.15) is 5.56 Å². The van der Waals surface area contributed by atoms with Crippen LogP contribution in [0.2, 0.25) is 0 Å². The van der Waals surface area contributed by atoms with Crippen molar-refractivity contribution in [2.75, 3.05) is 0 Å². The highest BCUT2D eigenvalue weighted by atomic mass is 14.9. The van der Waals surface area contributed by atoms with Crippen molar-refractivity contribution in [2.45, 2.75) is 6.92 Å². The zero-order chi connectivity index (χ0) is 7.84. The van der Waals surface area contributed by atoms with Crippen molar-refractivity contribution < 1.29 is 0 Å². The molecule has 1 heteroatoms. The molecule has 2 rings (SSSR count). The van der Waals surface area contributed by atoms with Gasteiger partial charge >= 0.3 is 0 Å². The second-order valence-corrected chi connectivity index (χ2v) is 2.99. The van der Waals surface area contributed by atoms with Gasteiger partial charge in [-0.3, -0.25) is 0 Å². The molecular formula is C10H11N. The Balaban J connectivity index is 2.87. The number of hydrogen-bond donors (Lipinski definition) is 0. The highest BCUT2D eigenvalue weighted by molar-refractivity contribution is 5.80. The lowest BCUT2D eigenvalue weighted by atomic mass is 10.2. The van der Waals surface area contributed by atoms with Gasteiger partial charge in [0.2, 0.25) is 0 Å². The standard InChI is InChI=1S/C10H11N/c1-8-3-4-9-5-6-11(2)10(9)7-8/h3-7H,1-2H3. The molecule has 0 N–H and O–H groups in total. The summed E-state index contributed by atoms with van der Waals surface area (Å²) in [5.74, 6) is 0. The molecule has 0 spiro atoms. The van der Waals surface area contributed by atoms with Gasteiger partial charge in [-0.2, -0.15) is 0 Å². The number of hydrogen-bond acceptors (Lipinski definition) is 0. The predicted octanol–water partition coefficient (Wildman–Crippen LogP) is 2.49. The second kappa shape index (κ2) is 2.12. The summed E-state index contributed by atoms with van der Waals surface area (Å²) < 4.78 is 2.14. The first-order valence-electron chi connectivity index (χ1n) is 3.79. The van der Waals surface area contributed by atoms with Gasteiger partial charge in [-0.05, 0) is 30.0 Å². The molecular weight excluding hydrogens is 134 g/mol. The Bertz CT molecular complexity index is 385. The van der Waals surface area contributed by atoms with E-state index in [1.165, 1.54) is 16.5 Å². The fourth-order valence-electron chi connectivity index (χ4n) is 1.37. The summed E-state index contributed by atoms with van der Waals surface area (Å²) in [7, 11) is 2.07. The van der Waals surface area contributed by atoms with Gasteiger partial charge in [-0.15, -0.1) is 0 Å². The van der Waals surface area contributed by atoms with Crippen LogP contribution in [-0.4, -0.2) is 4.57 Å². The van der Waals surface area contributed by atoms with Crippen LogP contribution in [0.3, 0.4) is 0 Å². The molecule has 0 saturated heterocycles. The Hall–Kier alpha value is -1.24. The third-order valence-corrected chi connectivity index (χ3v) is 2.04. The maximum Gasteiger partial charge on any atom is 0.0480 e. The zero-order valence-electron chi connectivity index (χ0n) is 6.83. The van der Waals surface area contributed by atoms with Crippen molar-refractivity contribution in [1.29, 1.82) is 0 Å². The second-order valence-electron chi connectivity index (χ2n) is 2.99. The van der Waals surface area contributed by atoms with Crippen LogP contribution in [0, 0.1) is 6.92 Å². The van der Waals surface area contributed by atoms with E-state index in [1.54, 1.807) is 0 Å². The van der Waals surface area contributed by atoms with Gasteiger partial charge in [-0.25, -0.2) is 0 Å². The van der Waals surface area contributed by atoms with Crippen LogP contribution in [0.25, 0.3) is 10.9 Å². The summed E-state index contributed by atoms with van der Waals surface area (Å²) in [4.78, 5) is 0. The van der Waals surface area contributed by atoms with Crippen LogP contribution in [0.4, 0.5) is 0 Å². The van der Waals surface area contributed by atoms with E-state index < -0.39 is 0 Å². The number of rotatable bonds is 0. The smallest absolute Gasteiger partial charge is 0.0480 e. The molecule has 1 nitrogen and oxygen atoms in total. The quantitative estimate of drug-likeness (QED) is 0.536. The van der Waals surface area contributed by atoms with E-state index in [9.17, 15) is 0 Å². The molecule has 0 fully saturated rings. The normalized spacial score (nSPS) is 10.7. The average molecular weight is 145 g/mol. The largest absolute Gasteiger partial charge is 0.351 e. The van der Waals surface area contributed by atoms with Gasteiger partial charge in [0.05, 0.1) is 0 Å². The van der Waals surface area contributed by atoms with E-state index in [2.05, 4.69) is 49.0 Å². The van der Waals surface area contributed by atoms with Gasteiger partial charge in [0.15, 0.2) is 0 Å². The van der Waals surface area contributed by atoms with Gasteiger partial charge in [0.1, 0.15) is 0 Å². The first kappa shape index (κ1) is 6.47. The summed E-state index contributed by atoms with van der Waals surface area (Å²) in [6.07, 6.45) is 2.09. The molecule has 0 radical (unpaired) electrons. The first-order chi connectivity index (χ1) is 5.27. The lowest BCUT2D eigenvalue weighted by Gasteiger charge is -1.96. The van der Waals surface area contributed by atoms with E-state index in [0.717, 1.165) is 0 Å². The molecule has 0 aliphatic carbocycles. The molecule has 1 aromatic heterocycles. The minimum absolute atomic E-state index is 1.31. The topological polar surface area (TPSA) is 4.93 Å².